The van der Waals surface area contributed by atoms with E-state index in [9.17, 15) is 23.3 Å². The van der Waals surface area contributed by atoms with Crippen LogP contribution in [0.25, 0.3) is 0 Å². The molecule has 0 heterocycles. The maximum Gasteiger partial charge on any atom is 0.416 e. The van der Waals surface area contributed by atoms with E-state index in [1.54, 1.807) is 36.4 Å². The molecule has 0 aromatic heterocycles. The Morgan fingerprint density at radius 3 is 2.51 bits per heavy atom. The fraction of sp³-hybridized carbons (Fsp3) is 0.160. The number of nitro benzene ring substituents is 1. The number of halogens is 5. The van der Waals surface area contributed by atoms with E-state index in [-0.39, 0.29) is 12.3 Å². The van der Waals surface area contributed by atoms with E-state index in [2.05, 4.69) is 17.1 Å². The number of hydrogen-bond donors (Lipinski definition) is 1. The van der Waals surface area contributed by atoms with Crippen LogP contribution in [0.2, 0.25) is 10.0 Å². The molecule has 7 nitrogen and oxygen atoms in total. The topological polar surface area (TPSA) is 86.0 Å². The van der Waals surface area contributed by atoms with Crippen LogP contribution < -0.4 is 14.9 Å². The molecule has 0 aliphatic rings. The Bertz CT molecular complexity index is 1350. The van der Waals surface area contributed by atoms with Gasteiger partial charge in [-0.15, -0.1) is 6.58 Å². The highest BCUT2D eigenvalue weighted by atomic mass is 35.5. The van der Waals surface area contributed by atoms with Crippen LogP contribution in [0.15, 0.2) is 66.3 Å². The van der Waals surface area contributed by atoms with Crippen molar-refractivity contribution in [2.24, 2.45) is 5.10 Å². The lowest BCUT2D eigenvalue weighted by Gasteiger charge is -2.16. The molecule has 3 aromatic carbocycles. The molecule has 0 aliphatic carbocycles. The quantitative estimate of drug-likeness (QED) is 0.120. The minimum atomic E-state index is -4.71. The van der Waals surface area contributed by atoms with Crippen LogP contribution in [-0.2, 0) is 19.2 Å². The third-order valence-electron chi connectivity index (χ3n) is 5.05. The first-order valence-corrected chi connectivity index (χ1v) is 11.3. The predicted octanol–water partition coefficient (Wildman–Crippen LogP) is 7.68. The van der Waals surface area contributed by atoms with Crippen LogP contribution in [0, 0.1) is 10.1 Å². The molecule has 194 valence electrons. The number of allylic oxidation sites excluding steroid dienone is 1. The molecule has 3 aromatic rings. The van der Waals surface area contributed by atoms with E-state index in [1.807, 2.05) is 0 Å². The van der Waals surface area contributed by atoms with Crippen molar-refractivity contribution in [2.45, 2.75) is 19.2 Å². The van der Waals surface area contributed by atoms with Gasteiger partial charge in [0.05, 0.1) is 23.8 Å². The molecule has 0 spiro atoms. The van der Waals surface area contributed by atoms with Crippen molar-refractivity contribution in [3.8, 4) is 11.5 Å². The molecule has 0 saturated heterocycles. The van der Waals surface area contributed by atoms with Gasteiger partial charge in [-0.05, 0) is 48.4 Å². The third kappa shape index (κ3) is 7.14. The van der Waals surface area contributed by atoms with Gasteiger partial charge in [0.25, 0.3) is 5.69 Å². The fourth-order valence-electron chi connectivity index (χ4n) is 3.30. The maximum absolute atomic E-state index is 12.9. The van der Waals surface area contributed by atoms with Gasteiger partial charge >= 0.3 is 6.18 Å². The lowest BCUT2D eigenvalue weighted by molar-refractivity contribution is -0.384. The van der Waals surface area contributed by atoms with Gasteiger partial charge in [0.2, 0.25) is 0 Å². The van der Waals surface area contributed by atoms with Gasteiger partial charge < -0.3 is 9.47 Å². The molecular formula is C25H20Cl2F3N3O4. The SMILES string of the molecule is C=CCc1cc(/C=N\Nc2ccc(C(F)(F)F)cc2[N+](=O)[O-])cc(OC)c1OCc1ccc(Cl)cc1Cl. The summed E-state index contributed by atoms with van der Waals surface area (Å²) in [5.74, 6) is 0.836. The number of benzene rings is 3. The van der Waals surface area contributed by atoms with Gasteiger partial charge in [-0.25, -0.2) is 0 Å². The van der Waals surface area contributed by atoms with Crippen LogP contribution in [0.4, 0.5) is 24.5 Å². The Morgan fingerprint density at radius 1 is 1.14 bits per heavy atom. The molecule has 37 heavy (non-hydrogen) atoms. The Kier molecular flexibility index (Phi) is 9.01. The summed E-state index contributed by atoms with van der Waals surface area (Å²) in [7, 11) is 1.46. The summed E-state index contributed by atoms with van der Waals surface area (Å²) in [6, 6.07) is 10.5. The number of nitrogens with one attached hydrogen (secondary N) is 1. The Morgan fingerprint density at radius 2 is 1.89 bits per heavy atom. The summed E-state index contributed by atoms with van der Waals surface area (Å²) in [4.78, 5) is 10.3. The van der Waals surface area contributed by atoms with Crippen molar-refractivity contribution in [3.05, 3.63) is 104 Å². The number of hydrazone groups is 1. The standard InChI is InChI=1S/C25H20Cl2F3N3O4/c1-3-4-16-9-15(10-23(36-2)24(16)37-14-17-5-7-19(26)12-20(17)27)13-31-32-21-8-6-18(25(28,29)30)11-22(21)33(34)35/h3,5-13,32H,1,4,14H2,2H3/b31-13-. The number of alkyl halides is 3. The van der Waals surface area contributed by atoms with Crippen molar-refractivity contribution in [1.29, 1.82) is 0 Å². The zero-order valence-electron chi connectivity index (χ0n) is 19.3. The number of rotatable bonds is 10. The summed E-state index contributed by atoms with van der Waals surface area (Å²) in [5, 5.41) is 16.2. The largest absolute Gasteiger partial charge is 0.493 e. The van der Waals surface area contributed by atoms with Crippen LogP contribution in [0.5, 0.6) is 11.5 Å². The van der Waals surface area contributed by atoms with E-state index in [4.69, 9.17) is 32.7 Å². The van der Waals surface area contributed by atoms with Gasteiger partial charge in [-0.3, -0.25) is 15.5 Å². The van der Waals surface area contributed by atoms with Crippen molar-refractivity contribution < 1.29 is 27.6 Å². The lowest BCUT2D eigenvalue weighted by Crippen LogP contribution is -2.06. The predicted molar refractivity (Wildman–Crippen MR) is 137 cm³/mol. The number of hydrogen-bond acceptors (Lipinski definition) is 6. The van der Waals surface area contributed by atoms with Crippen LogP contribution in [0.3, 0.4) is 0 Å². The minimum Gasteiger partial charge on any atom is -0.493 e. The maximum atomic E-state index is 12.9. The zero-order valence-corrected chi connectivity index (χ0v) is 20.8. The van der Waals surface area contributed by atoms with Gasteiger partial charge in [-0.1, -0.05) is 35.3 Å². The second kappa shape index (κ2) is 12.0. The molecule has 0 aliphatic heterocycles. The number of anilines is 1. The van der Waals surface area contributed by atoms with Crippen molar-refractivity contribution in [1.82, 2.24) is 0 Å². The first-order valence-electron chi connectivity index (χ1n) is 10.6. The van der Waals surface area contributed by atoms with Crippen LogP contribution in [0.1, 0.15) is 22.3 Å². The monoisotopic (exact) mass is 553 g/mol. The van der Waals surface area contributed by atoms with Gasteiger partial charge in [0, 0.05) is 27.2 Å². The second-order valence-electron chi connectivity index (χ2n) is 7.59. The second-order valence-corrected chi connectivity index (χ2v) is 8.43. The number of nitro groups is 1. The molecule has 0 fully saturated rings. The zero-order chi connectivity index (χ0) is 27.2. The average Bonchev–Trinajstić information content (AvgIpc) is 2.83. The van der Waals surface area contributed by atoms with Gasteiger partial charge in [0.1, 0.15) is 12.3 Å². The van der Waals surface area contributed by atoms with Crippen LogP contribution >= 0.6 is 23.2 Å². The summed E-state index contributed by atoms with van der Waals surface area (Å²) in [6.45, 7) is 3.90. The normalized spacial score (nSPS) is 11.4. The highest BCUT2D eigenvalue weighted by Gasteiger charge is 2.33. The summed E-state index contributed by atoms with van der Waals surface area (Å²) >= 11 is 12.2. The average molecular weight is 554 g/mol. The molecule has 0 atom stereocenters. The first kappa shape index (κ1) is 27.8. The summed E-state index contributed by atoms with van der Waals surface area (Å²) in [6.07, 6.45) is -1.29. The Labute approximate surface area is 220 Å². The van der Waals surface area contributed by atoms with E-state index in [0.717, 1.165) is 12.1 Å². The number of ether oxygens (including phenoxy) is 2. The van der Waals surface area contributed by atoms with Crippen LogP contribution in [-0.4, -0.2) is 18.2 Å². The fourth-order valence-corrected chi connectivity index (χ4v) is 3.76. The molecule has 0 unspecified atom stereocenters. The molecule has 12 heteroatoms. The highest BCUT2D eigenvalue weighted by Crippen LogP contribution is 2.36. The third-order valence-corrected chi connectivity index (χ3v) is 5.63. The first-order chi connectivity index (χ1) is 17.5. The molecular weight excluding hydrogens is 534 g/mol. The van der Waals surface area contributed by atoms with Crippen molar-refractivity contribution in [3.63, 3.8) is 0 Å². The number of nitrogens with zero attached hydrogens (tertiary/aromatic N) is 2. The molecule has 0 bridgehead atoms. The smallest absolute Gasteiger partial charge is 0.416 e. The Hall–Kier alpha value is -3.76. The molecule has 1 N–H and O–H groups in total. The van der Waals surface area contributed by atoms with E-state index in [1.165, 1.54) is 13.3 Å². The van der Waals surface area contributed by atoms with E-state index >= 15 is 0 Å². The highest BCUT2D eigenvalue weighted by molar-refractivity contribution is 6.35. The van der Waals surface area contributed by atoms with E-state index < -0.39 is 22.4 Å². The van der Waals surface area contributed by atoms with Gasteiger partial charge in [0.15, 0.2) is 11.5 Å². The molecule has 0 saturated carbocycles. The lowest BCUT2D eigenvalue weighted by atomic mass is 10.1. The minimum absolute atomic E-state index is 0.142. The Balaban J connectivity index is 1.86. The number of methoxy groups -OCH3 is 1. The van der Waals surface area contributed by atoms with Crippen molar-refractivity contribution >= 4 is 40.8 Å². The molecule has 3 rings (SSSR count). The summed E-state index contributed by atoms with van der Waals surface area (Å²) in [5.41, 5.74) is 2.28. The molecule has 0 amide bonds. The van der Waals surface area contributed by atoms with E-state index in [0.29, 0.717) is 50.7 Å². The van der Waals surface area contributed by atoms with Gasteiger partial charge in [-0.2, -0.15) is 18.3 Å². The molecule has 0 radical (unpaired) electrons. The van der Waals surface area contributed by atoms with Crippen molar-refractivity contribution in [2.75, 3.05) is 12.5 Å². The summed E-state index contributed by atoms with van der Waals surface area (Å²) < 4.78 is 50.2.